The Balaban J connectivity index is -0.000000000833. The van der Waals surface area contributed by atoms with Crippen LogP contribution in [0.3, 0.4) is 0 Å². The zero-order valence-corrected chi connectivity index (χ0v) is 8.85. The van der Waals surface area contributed by atoms with Crippen molar-refractivity contribution in [1.82, 2.24) is 0 Å². The molecule has 0 aromatic heterocycles. The van der Waals surface area contributed by atoms with E-state index in [1.807, 2.05) is 0 Å². The quantitative estimate of drug-likeness (QED) is 0.542. The van der Waals surface area contributed by atoms with Crippen LogP contribution in [0.1, 0.15) is 2.85 Å². The van der Waals surface area contributed by atoms with E-state index in [2.05, 4.69) is 0 Å². The molecular weight excluding hydrogens is 251 g/mol. The molecule has 0 bridgehead atoms. The molecule has 21 valence electrons. The Bertz CT molecular complexity index is 13.5. The molecule has 0 atom stereocenters. The maximum Gasteiger partial charge on any atom is 2.00 e. The molecule has 0 fully saturated rings. The summed E-state index contributed by atoms with van der Waals surface area (Å²) in [5.41, 5.74) is 0. The molecule has 1 nitrogen and oxygen atoms in total. The van der Waals surface area contributed by atoms with Crippen molar-refractivity contribution in [3.63, 3.8) is 0 Å². The van der Waals surface area contributed by atoms with E-state index < -0.39 is 0 Å². The minimum Gasteiger partial charge on any atom is 0 e. The maximum atomic E-state index is 8.26. The largest absolute Gasteiger partial charge is 2.00 e. The van der Waals surface area contributed by atoms with Crippen molar-refractivity contribution in [2.24, 2.45) is 0 Å². The van der Waals surface area contributed by atoms with Crippen LogP contribution in [-0.4, -0.2) is 45.5 Å². The van der Waals surface area contributed by atoms with E-state index in [0.29, 0.717) is 19.8 Å². The fourth-order valence-corrected chi connectivity index (χ4v) is 0. The van der Waals surface area contributed by atoms with Crippen molar-refractivity contribution in [3.8, 4) is 0 Å². The predicted molar refractivity (Wildman–Crippen MR) is 8.66 cm³/mol. The van der Waals surface area contributed by atoms with Crippen molar-refractivity contribution >= 4 is 45.5 Å². The maximum absolute atomic E-state index is 8.26. The van der Waals surface area contributed by atoms with Crippen LogP contribution in [0, 0.1) is 0 Å². The number of rotatable bonds is 0. The van der Waals surface area contributed by atoms with E-state index >= 15 is 0 Å². The molecule has 0 amide bonds. The van der Waals surface area contributed by atoms with E-state index in [-0.39, 0.29) is 66.9 Å². The molecule has 0 rings (SSSR count). The van der Waals surface area contributed by atoms with Gasteiger partial charge in [0.1, 0.15) is 0 Å². The van der Waals surface area contributed by atoms with Crippen LogP contribution in [0.4, 0.5) is 0 Å². The van der Waals surface area contributed by atoms with Gasteiger partial charge in [0.2, 0.25) is 0 Å². The van der Waals surface area contributed by atoms with Crippen molar-refractivity contribution in [1.29, 1.82) is 0 Å². The van der Waals surface area contributed by atoms with Gasteiger partial charge in [0.15, 0.2) is 0 Å². The molecule has 0 aliphatic carbocycles. The third-order valence-corrected chi connectivity index (χ3v) is 0. The second kappa shape index (κ2) is 17.7. The first-order valence-electron chi connectivity index (χ1n) is 0.167. The van der Waals surface area contributed by atoms with E-state index in [4.69, 9.17) is 3.40 Å². The van der Waals surface area contributed by atoms with Gasteiger partial charge in [-0.15, -0.1) is 0 Å². The van der Waals surface area contributed by atoms with Gasteiger partial charge in [0, 0.05) is 18.6 Å². The second-order valence-electron chi connectivity index (χ2n) is 0. The molecule has 4 heteroatoms. The fraction of sp³-hybridized carbons (Fsp3) is 0. The zero-order valence-electron chi connectivity index (χ0n) is 3.97. The van der Waals surface area contributed by atoms with Crippen molar-refractivity contribution in [2.45, 2.75) is 0 Å². The molecule has 0 N–H and O–H groups in total. The van der Waals surface area contributed by atoms with E-state index in [9.17, 15) is 0 Å². The summed E-state index contributed by atoms with van der Waals surface area (Å²) in [5.74, 6) is 0. The third kappa shape index (κ3) is 8.82. The third-order valence-electron chi connectivity index (χ3n) is 0. The summed E-state index contributed by atoms with van der Waals surface area (Å²) in [4.78, 5) is 0. The summed E-state index contributed by atoms with van der Waals surface area (Å²) in [6.45, 7) is 0. The molecule has 0 aliphatic rings. The molecular formula is H2MoOSrV. The molecule has 0 unspecified atom stereocenters. The van der Waals surface area contributed by atoms with Gasteiger partial charge >= 0.3 is 68.7 Å². The smallest absolute Gasteiger partial charge is 0 e. The normalized spacial score (nSPS) is 1.00. The Hall–Kier alpha value is 2.55. The van der Waals surface area contributed by atoms with Gasteiger partial charge in [-0.2, -0.15) is 0 Å². The van der Waals surface area contributed by atoms with Gasteiger partial charge in [-0.05, 0) is 0 Å². The summed E-state index contributed by atoms with van der Waals surface area (Å²) < 4.78 is 8.26. The monoisotopic (exact) mass is 255 g/mol. The average molecular weight is 253 g/mol. The standard InChI is InChI=1S/Mo.O.Sr.V.2H/q;;+2;;2*-1. The number of hydrogen-bond acceptors (Lipinski definition) is 1. The van der Waals surface area contributed by atoms with Crippen LogP contribution in [0.5, 0.6) is 0 Å². The Morgan fingerprint density at radius 1 is 1.50 bits per heavy atom. The molecule has 0 spiro atoms. The van der Waals surface area contributed by atoms with E-state index in [0.717, 1.165) is 0 Å². The topological polar surface area (TPSA) is 17.1 Å². The molecule has 1 radical (unpaired) electrons. The van der Waals surface area contributed by atoms with Crippen LogP contribution in [0.25, 0.3) is 0 Å². The molecule has 0 aromatic carbocycles. The summed E-state index contributed by atoms with van der Waals surface area (Å²) >= 11 is 0.700. The van der Waals surface area contributed by atoms with Gasteiger partial charge in [0.25, 0.3) is 0 Å². The van der Waals surface area contributed by atoms with Crippen molar-refractivity contribution in [3.05, 3.63) is 0 Å². The van der Waals surface area contributed by atoms with Gasteiger partial charge in [0.05, 0.1) is 0 Å². The van der Waals surface area contributed by atoms with E-state index in [1.54, 1.807) is 0 Å². The summed E-state index contributed by atoms with van der Waals surface area (Å²) in [5, 5.41) is 0. The first-order chi connectivity index (χ1) is 1.00. The van der Waals surface area contributed by atoms with E-state index in [1.165, 1.54) is 0 Å². The minimum absolute atomic E-state index is 0. The Morgan fingerprint density at radius 3 is 1.50 bits per heavy atom. The Kier molecular flexibility index (Phi) is 70.7. The van der Waals surface area contributed by atoms with Crippen LogP contribution in [0.15, 0.2) is 0 Å². The molecule has 0 aliphatic heterocycles. The minimum atomic E-state index is 0. The van der Waals surface area contributed by atoms with Gasteiger partial charge in [-0.25, -0.2) is 0 Å². The molecule has 0 aromatic rings. The zero-order chi connectivity index (χ0) is 2.00. The fourth-order valence-electron chi connectivity index (χ4n) is 0. The predicted octanol–water partition coefficient (Wildman–Crippen LogP) is -0.280. The van der Waals surface area contributed by atoms with Crippen LogP contribution in [-0.2, 0) is 41.7 Å². The summed E-state index contributed by atoms with van der Waals surface area (Å²) in [6.07, 6.45) is 0. The van der Waals surface area contributed by atoms with Gasteiger partial charge < -0.3 is 2.85 Å². The second-order valence-corrected chi connectivity index (χ2v) is 0. The SMILES string of the molecule is [H-].[H-].[O]=[Mo].[Sr+2].[V]. The van der Waals surface area contributed by atoms with Crippen molar-refractivity contribution in [2.75, 3.05) is 0 Å². The Labute approximate surface area is 88.2 Å². The first kappa shape index (κ1) is 16.0. The molecule has 0 saturated heterocycles. The molecule has 0 heterocycles. The average Bonchev–Trinajstić information content (AvgIpc) is 1.00. The molecule has 4 heavy (non-hydrogen) atoms. The van der Waals surface area contributed by atoms with Crippen LogP contribution in [0.2, 0.25) is 0 Å². The molecule has 0 saturated carbocycles. The van der Waals surface area contributed by atoms with Crippen LogP contribution < -0.4 is 0 Å². The summed E-state index contributed by atoms with van der Waals surface area (Å²) in [6, 6.07) is 0. The van der Waals surface area contributed by atoms with Gasteiger partial charge in [-0.1, -0.05) is 0 Å². The van der Waals surface area contributed by atoms with Crippen molar-refractivity contribution < 1.29 is 44.6 Å². The number of hydrogen-bond donors (Lipinski definition) is 0. The summed E-state index contributed by atoms with van der Waals surface area (Å²) in [7, 11) is 0. The van der Waals surface area contributed by atoms with Crippen LogP contribution >= 0.6 is 0 Å². The van der Waals surface area contributed by atoms with Gasteiger partial charge in [-0.3, -0.25) is 0 Å². The first-order valence-corrected chi connectivity index (χ1v) is 0.986. The Morgan fingerprint density at radius 2 is 1.50 bits per heavy atom.